The first-order chi connectivity index (χ1) is 12.1. The average molecular weight is 343 g/mol. The van der Waals surface area contributed by atoms with Crippen molar-refractivity contribution >= 4 is 17.5 Å². The fourth-order valence-corrected chi connectivity index (χ4v) is 2.60. The van der Waals surface area contributed by atoms with E-state index in [2.05, 4.69) is 12.2 Å². The number of unbranched alkanes of at least 4 members (excludes halogenated alkanes) is 1. The number of benzene rings is 1. The first-order valence-corrected chi connectivity index (χ1v) is 8.50. The number of carbonyl (C=O) groups is 2. The molecule has 0 aliphatic rings. The number of amides is 2. The summed E-state index contributed by atoms with van der Waals surface area (Å²) >= 11 is 0. The minimum absolute atomic E-state index is 0.0772. The molecule has 0 radical (unpaired) electrons. The summed E-state index contributed by atoms with van der Waals surface area (Å²) < 4.78 is 5.16. The Morgan fingerprint density at radius 3 is 2.64 bits per heavy atom. The number of anilines is 1. The van der Waals surface area contributed by atoms with Gasteiger partial charge in [-0.2, -0.15) is 0 Å². The Kier molecular flexibility index (Phi) is 6.77. The summed E-state index contributed by atoms with van der Waals surface area (Å²) in [6, 6.07) is 10.2. The zero-order chi connectivity index (χ0) is 18.2. The number of hydrogen-bond donors (Lipinski definition) is 2. The van der Waals surface area contributed by atoms with Gasteiger partial charge in [-0.25, -0.2) is 0 Å². The molecule has 2 amide bonds. The second-order valence-electron chi connectivity index (χ2n) is 5.91. The van der Waals surface area contributed by atoms with Crippen LogP contribution in [0.25, 0.3) is 0 Å². The summed E-state index contributed by atoms with van der Waals surface area (Å²) in [6.07, 6.45) is 4.32. The van der Waals surface area contributed by atoms with Crippen LogP contribution in [0.15, 0.2) is 47.1 Å². The molecule has 0 spiro atoms. The van der Waals surface area contributed by atoms with Crippen molar-refractivity contribution in [2.75, 3.05) is 18.5 Å². The molecule has 1 unspecified atom stereocenters. The van der Waals surface area contributed by atoms with Crippen LogP contribution in [0, 0.1) is 0 Å². The van der Waals surface area contributed by atoms with Gasteiger partial charge in [-0.1, -0.05) is 31.9 Å². The van der Waals surface area contributed by atoms with Gasteiger partial charge in [-0.05, 0) is 30.7 Å². The molecule has 0 bridgehead atoms. The van der Waals surface area contributed by atoms with Crippen LogP contribution in [0.3, 0.4) is 0 Å². The molecule has 0 saturated heterocycles. The van der Waals surface area contributed by atoms with Gasteiger partial charge in [-0.15, -0.1) is 0 Å². The van der Waals surface area contributed by atoms with E-state index in [1.807, 2.05) is 0 Å². The molecule has 134 valence electrons. The minimum atomic E-state index is -0.313. The molecule has 0 aliphatic carbocycles. The van der Waals surface area contributed by atoms with Crippen molar-refractivity contribution in [2.24, 2.45) is 5.73 Å². The fourth-order valence-electron chi connectivity index (χ4n) is 2.60. The highest BCUT2D eigenvalue weighted by molar-refractivity contribution is 6.09. The van der Waals surface area contributed by atoms with E-state index in [1.165, 1.54) is 11.2 Å². The molecule has 1 heterocycles. The Balaban J connectivity index is 2.19. The lowest BCUT2D eigenvalue weighted by atomic mass is 10.1. The maximum atomic E-state index is 12.7. The SMILES string of the molecule is CCCCC(CN)NC(=O)c1ccccc1N(C)C(=O)c1ccco1. The number of nitrogens with one attached hydrogen (secondary N) is 1. The van der Waals surface area contributed by atoms with Crippen molar-refractivity contribution in [3.8, 4) is 0 Å². The Bertz CT molecular complexity index is 698. The number of rotatable bonds is 8. The van der Waals surface area contributed by atoms with Crippen LogP contribution in [0.4, 0.5) is 5.69 Å². The molecular formula is C19H25N3O3. The van der Waals surface area contributed by atoms with Crippen molar-refractivity contribution in [1.82, 2.24) is 5.32 Å². The van der Waals surface area contributed by atoms with Gasteiger partial charge in [0.15, 0.2) is 5.76 Å². The zero-order valence-electron chi connectivity index (χ0n) is 14.7. The van der Waals surface area contributed by atoms with Gasteiger partial charge >= 0.3 is 0 Å². The normalized spacial score (nSPS) is 11.8. The quantitative estimate of drug-likeness (QED) is 0.771. The number of carbonyl (C=O) groups excluding carboxylic acids is 2. The van der Waals surface area contributed by atoms with E-state index >= 15 is 0 Å². The minimum Gasteiger partial charge on any atom is -0.459 e. The van der Waals surface area contributed by atoms with E-state index in [4.69, 9.17) is 10.2 Å². The number of nitrogens with two attached hydrogens (primary N) is 1. The van der Waals surface area contributed by atoms with Gasteiger partial charge in [0.1, 0.15) is 0 Å². The van der Waals surface area contributed by atoms with Crippen molar-refractivity contribution in [3.05, 3.63) is 54.0 Å². The standard InChI is InChI=1S/C19H25N3O3/c1-3-4-8-14(13-20)21-18(23)15-9-5-6-10-16(15)22(2)19(24)17-11-7-12-25-17/h5-7,9-12,14H,3-4,8,13,20H2,1-2H3,(H,21,23). The van der Waals surface area contributed by atoms with Crippen LogP contribution in [0.2, 0.25) is 0 Å². The maximum Gasteiger partial charge on any atom is 0.293 e. The lowest BCUT2D eigenvalue weighted by Crippen LogP contribution is -2.41. The smallest absolute Gasteiger partial charge is 0.293 e. The van der Waals surface area contributed by atoms with Crippen LogP contribution in [0.1, 0.15) is 47.1 Å². The van der Waals surface area contributed by atoms with Crippen LogP contribution in [0.5, 0.6) is 0 Å². The summed E-state index contributed by atoms with van der Waals surface area (Å²) in [5.41, 5.74) is 6.71. The Hall–Kier alpha value is -2.60. The van der Waals surface area contributed by atoms with E-state index in [9.17, 15) is 9.59 Å². The van der Waals surface area contributed by atoms with Crippen molar-refractivity contribution < 1.29 is 14.0 Å². The highest BCUT2D eigenvalue weighted by Gasteiger charge is 2.22. The molecular weight excluding hydrogens is 318 g/mol. The highest BCUT2D eigenvalue weighted by Crippen LogP contribution is 2.21. The highest BCUT2D eigenvalue weighted by atomic mass is 16.3. The van der Waals surface area contributed by atoms with Crippen molar-refractivity contribution in [3.63, 3.8) is 0 Å². The summed E-state index contributed by atoms with van der Waals surface area (Å²) in [4.78, 5) is 26.6. The van der Waals surface area contributed by atoms with Gasteiger partial charge in [0.05, 0.1) is 17.5 Å². The fraction of sp³-hybridized carbons (Fsp3) is 0.368. The number of para-hydroxylation sites is 1. The summed E-state index contributed by atoms with van der Waals surface area (Å²) in [7, 11) is 1.62. The van der Waals surface area contributed by atoms with Crippen LogP contribution >= 0.6 is 0 Å². The van der Waals surface area contributed by atoms with E-state index in [-0.39, 0.29) is 23.6 Å². The second-order valence-corrected chi connectivity index (χ2v) is 5.91. The maximum absolute atomic E-state index is 12.7. The predicted molar refractivity (Wildman–Crippen MR) is 97.7 cm³/mol. The molecule has 3 N–H and O–H groups in total. The second kappa shape index (κ2) is 9.03. The van der Waals surface area contributed by atoms with Crippen molar-refractivity contribution in [2.45, 2.75) is 32.2 Å². The Morgan fingerprint density at radius 2 is 2.00 bits per heavy atom. The molecule has 1 aromatic carbocycles. The third kappa shape index (κ3) is 4.70. The van der Waals surface area contributed by atoms with Crippen LogP contribution < -0.4 is 16.0 Å². The van der Waals surface area contributed by atoms with Gasteiger partial charge in [-0.3, -0.25) is 9.59 Å². The molecule has 1 atom stereocenters. The topological polar surface area (TPSA) is 88.6 Å². The lowest BCUT2D eigenvalue weighted by molar-refractivity contribution is 0.0936. The third-order valence-corrected chi connectivity index (χ3v) is 4.07. The third-order valence-electron chi connectivity index (χ3n) is 4.07. The number of furan rings is 1. The average Bonchev–Trinajstić information content (AvgIpc) is 3.18. The first kappa shape index (κ1) is 18.7. The summed E-state index contributed by atoms with van der Waals surface area (Å²) in [5, 5.41) is 2.96. The molecule has 25 heavy (non-hydrogen) atoms. The number of hydrogen-bond acceptors (Lipinski definition) is 4. The van der Waals surface area contributed by atoms with E-state index < -0.39 is 0 Å². The van der Waals surface area contributed by atoms with Crippen LogP contribution in [-0.2, 0) is 0 Å². The lowest BCUT2D eigenvalue weighted by Gasteiger charge is -2.21. The first-order valence-electron chi connectivity index (χ1n) is 8.50. The van der Waals surface area contributed by atoms with Gasteiger partial charge in [0.2, 0.25) is 0 Å². The molecule has 2 aromatic rings. The molecule has 0 aliphatic heterocycles. The Labute approximate surface area is 148 Å². The van der Waals surface area contributed by atoms with E-state index in [0.717, 1.165) is 19.3 Å². The van der Waals surface area contributed by atoms with Gasteiger partial charge < -0.3 is 20.4 Å². The molecule has 0 saturated carbocycles. The largest absolute Gasteiger partial charge is 0.459 e. The molecule has 0 fully saturated rings. The molecule has 2 rings (SSSR count). The monoisotopic (exact) mass is 343 g/mol. The predicted octanol–water partition coefficient (Wildman–Crippen LogP) is 2.80. The van der Waals surface area contributed by atoms with Gasteiger partial charge in [0.25, 0.3) is 11.8 Å². The molecule has 1 aromatic heterocycles. The molecule has 6 heteroatoms. The molecule has 6 nitrogen and oxygen atoms in total. The van der Waals surface area contributed by atoms with Crippen LogP contribution in [-0.4, -0.2) is 31.4 Å². The van der Waals surface area contributed by atoms with E-state index in [1.54, 1.807) is 43.4 Å². The Morgan fingerprint density at radius 1 is 1.24 bits per heavy atom. The summed E-state index contributed by atoms with van der Waals surface area (Å²) in [5.74, 6) is -0.326. The summed E-state index contributed by atoms with van der Waals surface area (Å²) in [6.45, 7) is 2.48. The zero-order valence-corrected chi connectivity index (χ0v) is 14.7. The van der Waals surface area contributed by atoms with E-state index in [0.29, 0.717) is 17.8 Å². The number of nitrogens with zero attached hydrogens (tertiary/aromatic N) is 1. The van der Waals surface area contributed by atoms with Crippen molar-refractivity contribution in [1.29, 1.82) is 0 Å². The van der Waals surface area contributed by atoms with Gasteiger partial charge in [0, 0.05) is 19.6 Å².